The summed E-state index contributed by atoms with van der Waals surface area (Å²) in [5.41, 5.74) is -0.177. The molecule has 1 amide bonds. The number of anilines is 1. The predicted molar refractivity (Wildman–Crippen MR) is 77.0 cm³/mol. The number of hydrogen-bond donors (Lipinski definition) is 2. The van der Waals surface area contributed by atoms with E-state index in [9.17, 15) is 13.6 Å². The van der Waals surface area contributed by atoms with Crippen LogP contribution in [-0.4, -0.2) is 19.0 Å². The number of rotatable bonds is 8. The van der Waals surface area contributed by atoms with Crippen LogP contribution in [0.2, 0.25) is 0 Å². The molecule has 0 radical (unpaired) electrons. The summed E-state index contributed by atoms with van der Waals surface area (Å²) >= 11 is 0. The van der Waals surface area contributed by atoms with Crippen LogP contribution in [0.1, 0.15) is 49.9 Å². The molecular weight excluding hydrogens is 262 g/mol. The molecule has 1 aromatic rings. The molecule has 0 spiro atoms. The third-order valence-electron chi connectivity index (χ3n) is 2.97. The lowest BCUT2D eigenvalue weighted by molar-refractivity contribution is 0.0952. The Morgan fingerprint density at radius 3 is 2.30 bits per heavy atom. The first kappa shape index (κ1) is 16.4. The van der Waals surface area contributed by atoms with Gasteiger partial charge >= 0.3 is 0 Å². The van der Waals surface area contributed by atoms with Gasteiger partial charge in [0.15, 0.2) is 0 Å². The minimum Gasteiger partial charge on any atom is -0.381 e. The Labute approximate surface area is 118 Å². The van der Waals surface area contributed by atoms with Gasteiger partial charge in [-0.2, -0.15) is 0 Å². The van der Waals surface area contributed by atoms with Crippen molar-refractivity contribution < 1.29 is 13.6 Å². The van der Waals surface area contributed by atoms with Crippen LogP contribution in [0.15, 0.2) is 12.1 Å². The fourth-order valence-electron chi connectivity index (χ4n) is 1.91. The Balaban J connectivity index is 2.60. The van der Waals surface area contributed by atoms with Crippen LogP contribution < -0.4 is 10.6 Å². The molecule has 0 aromatic heterocycles. The van der Waals surface area contributed by atoms with Crippen molar-refractivity contribution in [3.05, 3.63) is 29.3 Å². The number of unbranched alkanes of at least 4 members (excludes halogenated alkanes) is 3. The molecular formula is C15H22F2N2O. The standard InChI is InChI=1S/C15H22F2N2O/c1-3-5-6-7-8-19-15(20)11-9-12(16)14(18-4-2)13(17)10-11/h9-10,18H,3-8H2,1-2H3,(H,19,20). The van der Waals surface area contributed by atoms with E-state index in [1.54, 1.807) is 6.92 Å². The van der Waals surface area contributed by atoms with E-state index in [2.05, 4.69) is 17.6 Å². The van der Waals surface area contributed by atoms with Crippen molar-refractivity contribution in [2.45, 2.75) is 39.5 Å². The number of halogens is 2. The van der Waals surface area contributed by atoms with Gasteiger partial charge in [-0.25, -0.2) is 8.78 Å². The molecule has 20 heavy (non-hydrogen) atoms. The van der Waals surface area contributed by atoms with E-state index in [1.807, 2.05) is 0 Å². The number of carbonyl (C=O) groups is 1. The van der Waals surface area contributed by atoms with Crippen LogP contribution in [0.3, 0.4) is 0 Å². The first-order chi connectivity index (χ1) is 9.60. The summed E-state index contributed by atoms with van der Waals surface area (Å²) in [6.45, 7) is 4.79. The van der Waals surface area contributed by atoms with Crippen molar-refractivity contribution in [2.75, 3.05) is 18.4 Å². The highest BCUT2D eigenvalue weighted by molar-refractivity contribution is 5.94. The fraction of sp³-hybridized carbons (Fsp3) is 0.533. The van der Waals surface area contributed by atoms with Crippen LogP contribution in [0.5, 0.6) is 0 Å². The van der Waals surface area contributed by atoms with Gasteiger partial charge in [0.05, 0.1) is 0 Å². The van der Waals surface area contributed by atoms with Crippen molar-refractivity contribution in [1.82, 2.24) is 5.32 Å². The normalized spacial score (nSPS) is 10.4. The zero-order valence-electron chi connectivity index (χ0n) is 12.1. The quantitative estimate of drug-likeness (QED) is 0.715. The van der Waals surface area contributed by atoms with E-state index in [4.69, 9.17) is 0 Å². The third-order valence-corrected chi connectivity index (χ3v) is 2.97. The minimum atomic E-state index is -0.747. The predicted octanol–water partition coefficient (Wildman–Crippen LogP) is 3.71. The molecule has 0 bridgehead atoms. The average Bonchev–Trinajstić information content (AvgIpc) is 2.42. The van der Waals surface area contributed by atoms with Crippen molar-refractivity contribution >= 4 is 11.6 Å². The Morgan fingerprint density at radius 2 is 1.75 bits per heavy atom. The maximum absolute atomic E-state index is 13.7. The van der Waals surface area contributed by atoms with E-state index in [-0.39, 0.29) is 11.3 Å². The molecule has 0 heterocycles. The van der Waals surface area contributed by atoms with Gasteiger partial charge < -0.3 is 10.6 Å². The summed E-state index contributed by atoms with van der Waals surface area (Å²) in [5, 5.41) is 5.27. The zero-order chi connectivity index (χ0) is 15.0. The van der Waals surface area contributed by atoms with Gasteiger partial charge in [0, 0.05) is 18.7 Å². The molecule has 0 unspecified atom stereocenters. The van der Waals surface area contributed by atoms with Crippen molar-refractivity contribution in [2.24, 2.45) is 0 Å². The van der Waals surface area contributed by atoms with Gasteiger partial charge in [-0.1, -0.05) is 26.2 Å². The number of carbonyl (C=O) groups excluding carboxylic acids is 1. The number of hydrogen-bond acceptors (Lipinski definition) is 2. The summed E-state index contributed by atoms with van der Waals surface area (Å²) in [6, 6.07) is 2.12. The maximum atomic E-state index is 13.7. The molecule has 0 saturated heterocycles. The highest BCUT2D eigenvalue weighted by Gasteiger charge is 2.14. The number of amides is 1. The lowest BCUT2D eigenvalue weighted by atomic mass is 10.1. The minimum absolute atomic E-state index is 0.0112. The molecule has 0 aliphatic carbocycles. The topological polar surface area (TPSA) is 41.1 Å². The van der Waals surface area contributed by atoms with Crippen LogP contribution >= 0.6 is 0 Å². The summed E-state index contributed by atoms with van der Waals surface area (Å²) < 4.78 is 27.3. The summed E-state index contributed by atoms with van der Waals surface area (Å²) in [6.07, 6.45) is 4.16. The number of benzene rings is 1. The summed E-state index contributed by atoms with van der Waals surface area (Å²) in [4.78, 5) is 11.8. The van der Waals surface area contributed by atoms with E-state index in [0.29, 0.717) is 13.1 Å². The smallest absolute Gasteiger partial charge is 0.251 e. The lowest BCUT2D eigenvalue weighted by Crippen LogP contribution is -2.24. The molecule has 0 fully saturated rings. The van der Waals surface area contributed by atoms with Crippen LogP contribution in [-0.2, 0) is 0 Å². The highest BCUT2D eigenvalue weighted by atomic mass is 19.1. The molecule has 0 atom stereocenters. The first-order valence-electron chi connectivity index (χ1n) is 7.11. The Kier molecular flexibility index (Phi) is 6.98. The molecule has 2 N–H and O–H groups in total. The highest BCUT2D eigenvalue weighted by Crippen LogP contribution is 2.20. The molecule has 1 aromatic carbocycles. The van der Waals surface area contributed by atoms with Crippen LogP contribution in [0.25, 0.3) is 0 Å². The fourth-order valence-corrected chi connectivity index (χ4v) is 1.91. The molecule has 3 nitrogen and oxygen atoms in total. The molecule has 112 valence electrons. The van der Waals surface area contributed by atoms with Gasteiger partial charge in [-0.3, -0.25) is 4.79 Å². The van der Waals surface area contributed by atoms with E-state index in [0.717, 1.165) is 37.8 Å². The van der Waals surface area contributed by atoms with Crippen LogP contribution in [0.4, 0.5) is 14.5 Å². The maximum Gasteiger partial charge on any atom is 0.251 e. The lowest BCUT2D eigenvalue weighted by Gasteiger charge is -2.09. The Hall–Kier alpha value is -1.65. The second-order valence-electron chi connectivity index (χ2n) is 4.66. The molecule has 0 aliphatic rings. The van der Waals surface area contributed by atoms with E-state index >= 15 is 0 Å². The van der Waals surface area contributed by atoms with Gasteiger partial charge in [-0.05, 0) is 25.5 Å². The molecule has 5 heteroatoms. The van der Waals surface area contributed by atoms with Gasteiger partial charge in [0.25, 0.3) is 5.91 Å². The summed E-state index contributed by atoms with van der Waals surface area (Å²) in [5.74, 6) is -1.94. The SMILES string of the molecule is CCCCCCNC(=O)c1cc(F)c(NCC)c(F)c1. The largest absolute Gasteiger partial charge is 0.381 e. The van der Waals surface area contributed by atoms with Crippen LogP contribution in [0, 0.1) is 11.6 Å². The zero-order valence-corrected chi connectivity index (χ0v) is 12.1. The Morgan fingerprint density at radius 1 is 1.10 bits per heavy atom. The first-order valence-corrected chi connectivity index (χ1v) is 7.11. The number of nitrogens with one attached hydrogen (secondary N) is 2. The van der Waals surface area contributed by atoms with Crippen molar-refractivity contribution in [3.8, 4) is 0 Å². The third kappa shape index (κ3) is 4.79. The average molecular weight is 284 g/mol. The second-order valence-corrected chi connectivity index (χ2v) is 4.66. The molecule has 1 rings (SSSR count). The molecule has 0 aliphatic heterocycles. The molecule has 0 saturated carbocycles. The Bertz CT molecular complexity index is 426. The monoisotopic (exact) mass is 284 g/mol. The van der Waals surface area contributed by atoms with Gasteiger partial charge in [0.2, 0.25) is 0 Å². The van der Waals surface area contributed by atoms with Crippen molar-refractivity contribution in [3.63, 3.8) is 0 Å². The van der Waals surface area contributed by atoms with Gasteiger partial charge in [0.1, 0.15) is 17.3 Å². The van der Waals surface area contributed by atoms with Gasteiger partial charge in [-0.15, -0.1) is 0 Å². The summed E-state index contributed by atoms with van der Waals surface area (Å²) in [7, 11) is 0. The second kappa shape index (κ2) is 8.51. The van der Waals surface area contributed by atoms with Crippen molar-refractivity contribution in [1.29, 1.82) is 0 Å². The van der Waals surface area contributed by atoms with E-state index < -0.39 is 17.5 Å². The van der Waals surface area contributed by atoms with E-state index in [1.165, 1.54) is 0 Å².